The number of carbonyl (C=O) groups excluding carboxylic acids is 2. The number of alkyl carbamates (subject to hydrolysis) is 1. The Hall–Kier alpha value is -3.80. The molecule has 2 fully saturated rings. The molecule has 11 heteroatoms. The highest BCUT2D eigenvalue weighted by atomic mass is 32.2. The summed E-state index contributed by atoms with van der Waals surface area (Å²) in [4.78, 5) is 26.5. The third-order valence-corrected chi connectivity index (χ3v) is 10.5. The quantitative estimate of drug-likeness (QED) is 0.299. The van der Waals surface area contributed by atoms with Crippen LogP contribution in [0.25, 0.3) is 0 Å². The number of nitrogens with zero attached hydrogens (tertiary/aromatic N) is 1. The van der Waals surface area contributed by atoms with Crippen molar-refractivity contribution in [3.63, 3.8) is 0 Å². The molecule has 234 valence electrons. The number of methoxy groups -OCH3 is 1. The Bertz CT molecular complexity index is 1490. The smallest absolute Gasteiger partial charge is 0.407 e. The molecule has 0 spiro atoms. The molecule has 0 bridgehead atoms. The summed E-state index contributed by atoms with van der Waals surface area (Å²) in [5.41, 5.74) is 2.50. The minimum absolute atomic E-state index is 0.105. The first kappa shape index (κ1) is 31.6. The zero-order chi connectivity index (χ0) is 31.3. The van der Waals surface area contributed by atoms with E-state index in [1.165, 1.54) is 19.2 Å². The van der Waals surface area contributed by atoms with Crippen molar-refractivity contribution in [2.45, 2.75) is 55.1 Å². The molecule has 2 aliphatic rings. The first-order valence-corrected chi connectivity index (χ1v) is 16.4. The SMILES string of the molecule is COC(=O)N[C@H](C(=O)NC1CC1CC[C@H]1CNCCN1S(=O)(=O)c1ccccc1)C(c1ccc(C)cc1)c1ccc(F)cc1. The largest absolute Gasteiger partial charge is 0.453 e. The lowest BCUT2D eigenvalue weighted by molar-refractivity contribution is -0.123. The molecule has 0 radical (unpaired) electrons. The lowest BCUT2D eigenvalue weighted by Gasteiger charge is -2.35. The Kier molecular flexibility index (Phi) is 9.97. The lowest BCUT2D eigenvalue weighted by Crippen LogP contribution is -2.53. The van der Waals surface area contributed by atoms with Gasteiger partial charge in [-0.3, -0.25) is 4.79 Å². The molecule has 1 aliphatic carbocycles. The number of carbonyl (C=O) groups is 2. The van der Waals surface area contributed by atoms with Gasteiger partial charge in [0.25, 0.3) is 0 Å². The van der Waals surface area contributed by atoms with Crippen LogP contribution in [0.5, 0.6) is 0 Å². The average molecular weight is 623 g/mol. The maximum atomic E-state index is 13.8. The van der Waals surface area contributed by atoms with Crippen molar-refractivity contribution in [1.29, 1.82) is 0 Å². The van der Waals surface area contributed by atoms with Crippen molar-refractivity contribution in [2.75, 3.05) is 26.7 Å². The summed E-state index contributed by atoms with van der Waals surface area (Å²) in [6.45, 7) is 3.52. The maximum Gasteiger partial charge on any atom is 0.407 e. The summed E-state index contributed by atoms with van der Waals surface area (Å²) in [7, 11) is -2.38. The van der Waals surface area contributed by atoms with E-state index in [1.54, 1.807) is 46.8 Å². The highest BCUT2D eigenvalue weighted by Gasteiger charge is 2.43. The molecule has 1 saturated carbocycles. The average Bonchev–Trinajstić information content (AvgIpc) is 3.79. The Morgan fingerprint density at radius 3 is 2.32 bits per heavy atom. The number of halogens is 1. The van der Waals surface area contributed by atoms with E-state index in [2.05, 4.69) is 16.0 Å². The summed E-state index contributed by atoms with van der Waals surface area (Å²) in [5.74, 6) is -1.19. The Morgan fingerprint density at radius 1 is 1.00 bits per heavy atom. The first-order chi connectivity index (χ1) is 21.2. The van der Waals surface area contributed by atoms with Crippen LogP contribution >= 0.6 is 0 Å². The number of ether oxygens (including phenoxy) is 1. The molecule has 3 unspecified atom stereocenters. The number of amides is 2. The highest BCUT2D eigenvalue weighted by molar-refractivity contribution is 7.89. The number of aryl methyl sites for hydroxylation is 1. The summed E-state index contributed by atoms with van der Waals surface area (Å²) >= 11 is 0. The van der Waals surface area contributed by atoms with Gasteiger partial charge in [-0.2, -0.15) is 4.31 Å². The van der Waals surface area contributed by atoms with Crippen LogP contribution in [0.1, 0.15) is 41.9 Å². The second-order valence-corrected chi connectivity index (χ2v) is 13.4. The van der Waals surface area contributed by atoms with Gasteiger partial charge in [-0.05, 0) is 67.5 Å². The normalized spacial score (nSPS) is 21.6. The molecule has 5 rings (SSSR count). The molecule has 1 aliphatic heterocycles. The summed E-state index contributed by atoms with van der Waals surface area (Å²) in [6, 6.07) is 20.7. The van der Waals surface area contributed by atoms with Crippen LogP contribution in [-0.4, -0.2) is 69.6 Å². The Balaban J connectivity index is 1.28. The second-order valence-electron chi connectivity index (χ2n) is 11.5. The molecule has 3 N–H and O–H groups in total. The van der Waals surface area contributed by atoms with Crippen LogP contribution in [0.15, 0.2) is 83.8 Å². The van der Waals surface area contributed by atoms with E-state index < -0.39 is 33.9 Å². The molecule has 1 saturated heterocycles. The van der Waals surface area contributed by atoms with Gasteiger partial charge in [0, 0.05) is 37.6 Å². The van der Waals surface area contributed by atoms with E-state index in [0.29, 0.717) is 31.6 Å². The molecule has 3 aromatic carbocycles. The fourth-order valence-electron chi connectivity index (χ4n) is 5.96. The number of nitrogens with one attached hydrogen (secondary N) is 3. The van der Waals surface area contributed by atoms with Crippen LogP contribution in [-0.2, 0) is 19.6 Å². The van der Waals surface area contributed by atoms with E-state index >= 15 is 0 Å². The molecule has 9 nitrogen and oxygen atoms in total. The number of rotatable bonds is 11. The highest BCUT2D eigenvalue weighted by Crippen LogP contribution is 2.37. The lowest BCUT2D eigenvalue weighted by atomic mass is 9.84. The van der Waals surface area contributed by atoms with E-state index in [1.807, 2.05) is 31.2 Å². The van der Waals surface area contributed by atoms with Crippen LogP contribution in [0.3, 0.4) is 0 Å². The van der Waals surface area contributed by atoms with Gasteiger partial charge >= 0.3 is 6.09 Å². The van der Waals surface area contributed by atoms with Crippen molar-refractivity contribution in [3.8, 4) is 0 Å². The van der Waals surface area contributed by atoms with Gasteiger partial charge in [-0.1, -0.05) is 60.2 Å². The predicted molar refractivity (Wildman–Crippen MR) is 165 cm³/mol. The molecule has 3 aromatic rings. The minimum Gasteiger partial charge on any atom is -0.453 e. The van der Waals surface area contributed by atoms with Crippen LogP contribution in [0, 0.1) is 18.7 Å². The van der Waals surface area contributed by atoms with Crippen LogP contribution < -0.4 is 16.0 Å². The van der Waals surface area contributed by atoms with Gasteiger partial charge in [0.15, 0.2) is 0 Å². The van der Waals surface area contributed by atoms with Gasteiger partial charge in [0.2, 0.25) is 15.9 Å². The van der Waals surface area contributed by atoms with Crippen molar-refractivity contribution in [2.24, 2.45) is 5.92 Å². The number of piperazine rings is 1. The number of hydrogen-bond donors (Lipinski definition) is 3. The zero-order valence-corrected chi connectivity index (χ0v) is 25.7. The van der Waals surface area contributed by atoms with Gasteiger partial charge < -0.3 is 20.7 Å². The summed E-state index contributed by atoms with van der Waals surface area (Å²) < 4.78 is 47.0. The molecule has 0 aromatic heterocycles. The molecule has 1 heterocycles. The molecule has 44 heavy (non-hydrogen) atoms. The molecular weight excluding hydrogens is 583 g/mol. The number of benzene rings is 3. The van der Waals surface area contributed by atoms with Gasteiger partial charge in [0.05, 0.1) is 12.0 Å². The fraction of sp³-hybridized carbons (Fsp3) is 0.394. The second kappa shape index (κ2) is 13.9. The van der Waals surface area contributed by atoms with Gasteiger partial charge in [-0.25, -0.2) is 17.6 Å². The topological polar surface area (TPSA) is 117 Å². The maximum absolute atomic E-state index is 13.8. The Labute approximate surface area is 258 Å². The molecule has 2 amide bonds. The monoisotopic (exact) mass is 622 g/mol. The summed E-state index contributed by atoms with van der Waals surface area (Å²) in [6.07, 6.45) is 1.41. The van der Waals surface area contributed by atoms with E-state index in [0.717, 1.165) is 24.0 Å². The zero-order valence-electron chi connectivity index (χ0n) is 24.9. The van der Waals surface area contributed by atoms with Gasteiger partial charge in [0.1, 0.15) is 11.9 Å². The standard InChI is InChI=1S/C33H39FN4O5S/c1-22-8-10-23(11-9-22)30(24-12-15-26(34)16-13-24)31(37-33(40)43-2)32(39)36-29-20-25(29)14-17-27-21-35-18-19-38(27)44(41,42)28-6-4-3-5-7-28/h3-13,15-16,25,27,29-31,35H,14,17-21H2,1-2H3,(H,36,39)(H,37,40)/t25?,27-,29?,30?,31-/m0/s1. The third kappa shape index (κ3) is 7.46. The van der Waals surface area contributed by atoms with Crippen molar-refractivity contribution >= 4 is 22.0 Å². The molecule has 5 atom stereocenters. The minimum atomic E-state index is -3.62. The third-order valence-electron chi connectivity index (χ3n) is 8.51. The fourth-order valence-corrected chi connectivity index (χ4v) is 7.64. The van der Waals surface area contributed by atoms with E-state index in [-0.39, 0.29) is 28.8 Å². The number of sulfonamides is 1. The van der Waals surface area contributed by atoms with Gasteiger partial charge in [-0.15, -0.1) is 0 Å². The number of hydrogen-bond acceptors (Lipinski definition) is 6. The molecular formula is C33H39FN4O5S. The van der Waals surface area contributed by atoms with Crippen molar-refractivity contribution in [1.82, 2.24) is 20.3 Å². The van der Waals surface area contributed by atoms with Crippen LogP contribution in [0.2, 0.25) is 0 Å². The Morgan fingerprint density at radius 2 is 1.66 bits per heavy atom. The predicted octanol–water partition coefficient (Wildman–Crippen LogP) is 3.94. The van der Waals surface area contributed by atoms with E-state index in [4.69, 9.17) is 4.74 Å². The van der Waals surface area contributed by atoms with Crippen molar-refractivity contribution in [3.05, 3.63) is 101 Å². The van der Waals surface area contributed by atoms with E-state index in [9.17, 15) is 22.4 Å². The van der Waals surface area contributed by atoms with Crippen molar-refractivity contribution < 1.29 is 27.1 Å². The summed E-state index contributed by atoms with van der Waals surface area (Å²) in [5, 5.41) is 9.13. The van der Waals surface area contributed by atoms with Crippen LogP contribution in [0.4, 0.5) is 9.18 Å². The first-order valence-electron chi connectivity index (χ1n) is 14.9.